The Morgan fingerprint density at radius 1 is 1.35 bits per heavy atom. The molecular weight excluding hydrogens is 252 g/mol. The van der Waals surface area contributed by atoms with Crippen LogP contribution < -0.4 is 5.32 Å². The van der Waals surface area contributed by atoms with Crippen LogP contribution in [0, 0.1) is 13.8 Å². The third kappa shape index (κ3) is 3.39. The highest BCUT2D eigenvalue weighted by Crippen LogP contribution is 2.21. The fourth-order valence-electron chi connectivity index (χ4n) is 2.48. The largest absolute Gasteiger partial charge is 0.342 e. The number of likely N-dealkylation sites (N-methyl/N-ethyl adjacent to an activating group) is 1. The lowest BCUT2D eigenvalue weighted by atomic mass is 10.2. The summed E-state index contributed by atoms with van der Waals surface area (Å²) in [5, 5.41) is 8.05. The van der Waals surface area contributed by atoms with E-state index in [4.69, 9.17) is 0 Å². The van der Waals surface area contributed by atoms with E-state index in [-0.39, 0.29) is 5.91 Å². The van der Waals surface area contributed by atoms with Crippen LogP contribution >= 0.6 is 0 Å². The Kier molecular flexibility index (Phi) is 4.81. The molecule has 1 saturated carbocycles. The molecule has 0 unspecified atom stereocenters. The third-order valence-electron chi connectivity index (χ3n) is 4.08. The van der Waals surface area contributed by atoms with Crippen LogP contribution in [-0.4, -0.2) is 39.7 Å². The Bertz CT molecular complexity index is 472. The van der Waals surface area contributed by atoms with Crippen molar-refractivity contribution in [3.63, 3.8) is 0 Å². The molecule has 112 valence electrons. The highest BCUT2D eigenvalue weighted by atomic mass is 16.2. The summed E-state index contributed by atoms with van der Waals surface area (Å²) in [5.41, 5.74) is 3.38. The van der Waals surface area contributed by atoms with Crippen molar-refractivity contribution in [1.29, 1.82) is 0 Å². The first kappa shape index (κ1) is 15.0. The number of nitrogens with zero attached hydrogens (tertiary/aromatic N) is 3. The highest BCUT2D eigenvalue weighted by molar-refractivity contribution is 5.75. The molecule has 0 aromatic carbocycles. The van der Waals surface area contributed by atoms with Crippen LogP contribution in [0.4, 0.5) is 0 Å². The van der Waals surface area contributed by atoms with E-state index in [1.54, 1.807) is 0 Å². The maximum Gasteiger partial charge on any atom is 0.244 e. The van der Waals surface area contributed by atoms with E-state index in [0.717, 1.165) is 31.0 Å². The van der Waals surface area contributed by atoms with Gasteiger partial charge in [0.25, 0.3) is 0 Å². The van der Waals surface area contributed by atoms with Gasteiger partial charge < -0.3 is 10.2 Å². The van der Waals surface area contributed by atoms with Gasteiger partial charge in [0.1, 0.15) is 6.54 Å². The van der Waals surface area contributed by atoms with E-state index >= 15 is 0 Å². The summed E-state index contributed by atoms with van der Waals surface area (Å²) in [6.07, 6.45) is 2.57. The van der Waals surface area contributed by atoms with Crippen LogP contribution in [0.3, 0.4) is 0 Å². The average molecular weight is 278 g/mol. The maximum absolute atomic E-state index is 12.2. The van der Waals surface area contributed by atoms with Crippen molar-refractivity contribution in [2.75, 3.05) is 13.1 Å². The van der Waals surface area contributed by atoms with Gasteiger partial charge in [-0.15, -0.1) is 0 Å². The zero-order valence-corrected chi connectivity index (χ0v) is 13.1. The molecule has 0 atom stereocenters. The van der Waals surface area contributed by atoms with Crippen LogP contribution in [0.2, 0.25) is 0 Å². The van der Waals surface area contributed by atoms with Crippen LogP contribution in [0.25, 0.3) is 0 Å². The number of nitrogens with one attached hydrogen (secondary N) is 1. The minimum Gasteiger partial charge on any atom is -0.342 e. The lowest BCUT2D eigenvalue weighted by molar-refractivity contribution is -0.131. The Morgan fingerprint density at radius 2 is 2.00 bits per heavy atom. The van der Waals surface area contributed by atoms with Gasteiger partial charge >= 0.3 is 0 Å². The zero-order valence-electron chi connectivity index (χ0n) is 13.1. The van der Waals surface area contributed by atoms with E-state index in [1.807, 2.05) is 30.4 Å². The lowest BCUT2D eigenvalue weighted by Crippen LogP contribution is -2.34. The van der Waals surface area contributed by atoms with Gasteiger partial charge in [-0.1, -0.05) is 0 Å². The van der Waals surface area contributed by atoms with Crippen LogP contribution in [-0.2, 0) is 17.9 Å². The normalized spacial score (nSPS) is 14.6. The third-order valence-corrected chi connectivity index (χ3v) is 4.08. The van der Waals surface area contributed by atoms with E-state index in [1.165, 1.54) is 18.4 Å². The fraction of sp³-hybridized carbons (Fsp3) is 0.733. The summed E-state index contributed by atoms with van der Waals surface area (Å²) in [6, 6.07) is 0.689. The van der Waals surface area contributed by atoms with Crippen molar-refractivity contribution in [3.8, 4) is 0 Å². The van der Waals surface area contributed by atoms with E-state index in [0.29, 0.717) is 12.6 Å². The summed E-state index contributed by atoms with van der Waals surface area (Å²) in [7, 11) is 0. The van der Waals surface area contributed by atoms with Crippen molar-refractivity contribution in [2.45, 2.75) is 59.7 Å². The fourth-order valence-corrected chi connectivity index (χ4v) is 2.48. The van der Waals surface area contributed by atoms with Crippen molar-refractivity contribution in [1.82, 2.24) is 20.0 Å². The quantitative estimate of drug-likeness (QED) is 0.824. The van der Waals surface area contributed by atoms with Crippen LogP contribution in [0.1, 0.15) is 43.6 Å². The standard InChI is InChI=1S/C15H26N4O/c1-5-18(6-2)15(20)10-19-12(4)14(11(3)17-19)9-16-13-7-8-13/h13,16H,5-10H2,1-4H3. The second-order valence-corrected chi connectivity index (χ2v) is 5.53. The van der Waals surface area contributed by atoms with E-state index in [9.17, 15) is 4.79 Å². The molecule has 1 aliphatic rings. The van der Waals surface area contributed by atoms with Crippen molar-refractivity contribution in [2.24, 2.45) is 0 Å². The topological polar surface area (TPSA) is 50.2 Å². The molecule has 1 amide bonds. The number of amides is 1. The molecule has 5 nitrogen and oxygen atoms in total. The average Bonchev–Trinajstić information content (AvgIpc) is 3.19. The number of hydrogen-bond acceptors (Lipinski definition) is 3. The van der Waals surface area contributed by atoms with Gasteiger partial charge in [0.2, 0.25) is 5.91 Å². The molecule has 1 aromatic rings. The SMILES string of the molecule is CCN(CC)C(=O)Cn1nc(C)c(CNC2CC2)c1C. The van der Waals surface area contributed by atoms with E-state index in [2.05, 4.69) is 17.3 Å². The molecule has 5 heteroatoms. The summed E-state index contributed by atoms with van der Waals surface area (Å²) < 4.78 is 1.85. The zero-order chi connectivity index (χ0) is 14.7. The molecule has 1 N–H and O–H groups in total. The summed E-state index contributed by atoms with van der Waals surface area (Å²) in [5.74, 6) is 0.141. The number of carbonyl (C=O) groups is 1. The predicted molar refractivity (Wildman–Crippen MR) is 79.5 cm³/mol. The molecule has 0 spiro atoms. The van der Waals surface area contributed by atoms with Gasteiger partial charge in [-0.25, -0.2) is 0 Å². The molecule has 0 bridgehead atoms. The molecule has 1 fully saturated rings. The Balaban J connectivity index is 2.04. The Hall–Kier alpha value is -1.36. The van der Waals surface area contributed by atoms with Crippen molar-refractivity contribution < 1.29 is 4.79 Å². The molecule has 0 saturated heterocycles. The number of aryl methyl sites for hydroxylation is 1. The molecule has 1 heterocycles. The minimum atomic E-state index is 0.141. The van der Waals surface area contributed by atoms with Crippen molar-refractivity contribution in [3.05, 3.63) is 17.0 Å². The molecule has 20 heavy (non-hydrogen) atoms. The van der Waals surface area contributed by atoms with Crippen molar-refractivity contribution >= 4 is 5.91 Å². The maximum atomic E-state index is 12.2. The second-order valence-electron chi connectivity index (χ2n) is 5.53. The first-order valence-corrected chi connectivity index (χ1v) is 7.60. The van der Waals surface area contributed by atoms with Crippen LogP contribution in [0.15, 0.2) is 0 Å². The molecule has 0 aliphatic heterocycles. The molecule has 1 aliphatic carbocycles. The number of aromatic nitrogens is 2. The van der Waals surface area contributed by atoms with Gasteiger partial charge in [-0.05, 0) is 40.5 Å². The van der Waals surface area contributed by atoms with Gasteiger partial charge in [-0.3, -0.25) is 9.48 Å². The Labute approximate surface area is 121 Å². The second kappa shape index (κ2) is 6.39. The summed E-state index contributed by atoms with van der Waals surface area (Å²) in [6.45, 7) is 10.8. The molecule has 1 aromatic heterocycles. The number of rotatable bonds is 7. The molecule has 0 radical (unpaired) electrons. The molecule has 2 rings (SSSR count). The van der Waals surface area contributed by atoms with Gasteiger partial charge in [0.15, 0.2) is 0 Å². The summed E-state index contributed by atoms with van der Waals surface area (Å²) in [4.78, 5) is 14.0. The first-order valence-electron chi connectivity index (χ1n) is 7.60. The van der Waals surface area contributed by atoms with E-state index < -0.39 is 0 Å². The lowest BCUT2D eigenvalue weighted by Gasteiger charge is -2.18. The first-order chi connectivity index (χ1) is 9.56. The number of carbonyl (C=O) groups excluding carboxylic acids is 1. The monoisotopic (exact) mass is 278 g/mol. The molecular formula is C15H26N4O. The van der Waals surface area contributed by atoms with Crippen LogP contribution in [0.5, 0.6) is 0 Å². The predicted octanol–water partition coefficient (Wildman–Crippen LogP) is 1.62. The van der Waals surface area contributed by atoms with Gasteiger partial charge in [0.05, 0.1) is 5.69 Å². The van der Waals surface area contributed by atoms with Gasteiger partial charge in [-0.2, -0.15) is 5.10 Å². The Morgan fingerprint density at radius 3 is 2.55 bits per heavy atom. The highest BCUT2D eigenvalue weighted by Gasteiger charge is 2.22. The minimum absolute atomic E-state index is 0.141. The summed E-state index contributed by atoms with van der Waals surface area (Å²) >= 11 is 0. The smallest absolute Gasteiger partial charge is 0.244 e. The van der Waals surface area contributed by atoms with Gasteiger partial charge in [0, 0.05) is 36.9 Å². The number of hydrogen-bond donors (Lipinski definition) is 1.